The second-order valence-electron chi connectivity index (χ2n) is 3.73. The molecule has 1 aromatic carbocycles. The van der Waals surface area contributed by atoms with E-state index >= 15 is 0 Å². The molecule has 1 heterocycles. The van der Waals surface area contributed by atoms with E-state index in [-0.39, 0.29) is 5.82 Å². The van der Waals surface area contributed by atoms with Gasteiger partial charge in [0.2, 0.25) is 0 Å². The van der Waals surface area contributed by atoms with E-state index in [0.717, 1.165) is 11.3 Å². The van der Waals surface area contributed by atoms with Gasteiger partial charge in [0, 0.05) is 17.5 Å². The van der Waals surface area contributed by atoms with E-state index in [1.165, 1.54) is 6.07 Å². The largest absolute Gasteiger partial charge is 0.398 e. The Bertz CT molecular complexity index is 547. The van der Waals surface area contributed by atoms with E-state index < -0.39 is 0 Å². The number of rotatable bonds is 2. The molecule has 1 aromatic heterocycles. The van der Waals surface area contributed by atoms with E-state index in [2.05, 4.69) is 4.98 Å². The van der Waals surface area contributed by atoms with Gasteiger partial charge >= 0.3 is 0 Å². The number of hydrogen-bond acceptors (Lipinski definition) is 2. The molecule has 0 unspecified atom stereocenters. The highest BCUT2D eigenvalue weighted by molar-refractivity contribution is 5.87. The van der Waals surface area contributed by atoms with Gasteiger partial charge in [-0.3, -0.25) is 4.98 Å². The molecule has 2 N–H and O–H groups in total. The van der Waals surface area contributed by atoms with Crippen LogP contribution in [0.15, 0.2) is 48.7 Å². The zero-order valence-corrected chi connectivity index (χ0v) is 9.52. The van der Waals surface area contributed by atoms with E-state index in [4.69, 9.17) is 5.73 Å². The van der Waals surface area contributed by atoms with Gasteiger partial charge in [-0.1, -0.05) is 18.2 Å². The van der Waals surface area contributed by atoms with Crippen LogP contribution in [0, 0.1) is 5.82 Å². The minimum absolute atomic E-state index is 0.319. The second-order valence-corrected chi connectivity index (χ2v) is 3.73. The summed E-state index contributed by atoms with van der Waals surface area (Å²) < 4.78 is 13.6. The van der Waals surface area contributed by atoms with E-state index in [1.807, 2.05) is 25.1 Å². The van der Waals surface area contributed by atoms with E-state index in [9.17, 15) is 4.39 Å². The quantitative estimate of drug-likeness (QED) is 0.857. The molecule has 3 heteroatoms. The maximum absolute atomic E-state index is 13.6. The summed E-state index contributed by atoms with van der Waals surface area (Å²) in [6, 6.07) is 12.0. The molecule has 0 amide bonds. The lowest BCUT2D eigenvalue weighted by molar-refractivity contribution is 0.624. The van der Waals surface area contributed by atoms with Crippen molar-refractivity contribution in [1.82, 2.24) is 4.98 Å². The van der Waals surface area contributed by atoms with Crippen molar-refractivity contribution in [3.63, 3.8) is 0 Å². The van der Waals surface area contributed by atoms with Crippen LogP contribution in [0.2, 0.25) is 0 Å². The molecule has 0 atom stereocenters. The highest BCUT2D eigenvalue weighted by atomic mass is 19.1. The molecule has 2 rings (SSSR count). The first-order valence-electron chi connectivity index (χ1n) is 5.33. The average Bonchev–Trinajstić information content (AvgIpc) is 2.39. The fraction of sp³-hybridized carbons (Fsp3) is 0.0714. The van der Waals surface area contributed by atoms with Gasteiger partial charge in [0.05, 0.1) is 5.69 Å². The molecule has 0 bridgehead atoms. The van der Waals surface area contributed by atoms with Crippen molar-refractivity contribution in [2.75, 3.05) is 0 Å². The zero-order valence-electron chi connectivity index (χ0n) is 9.52. The Labute approximate surface area is 99.6 Å². The molecule has 0 saturated heterocycles. The highest BCUT2D eigenvalue weighted by Crippen LogP contribution is 2.22. The molecule has 2 aromatic rings. The number of aromatic nitrogens is 1. The zero-order chi connectivity index (χ0) is 12.3. The molecular formula is C14H13FN2. The molecule has 0 saturated carbocycles. The minimum Gasteiger partial charge on any atom is -0.398 e. The Hall–Kier alpha value is -2.16. The number of hydrogen-bond donors (Lipinski definition) is 1. The second kappa shape index (κ2) is 4.78. The maximum atomic E-state index is 13.6. The van der Waals surface area contributed by atoms with Gasteiger partial charge in [-0.2, -0.15) is 0 Å². The van der Waals surface area contributed by atoms with Crippen LogP contribution in [0.1, 0.15) is 18.2 Å². The minimum atomic E-state index is -0.319. The van der Waals surface area contributed by atoms with Crippen molar-refractivity contribution >= 4 is 11.3 Å². The van der Waals surface area contributed by atoms with Crippen LogP contribution < -0.4 is 5.73 Å². The smallest absolute Gasteiger partial charge is 0.132 e. The van der Waals surface area contributed by atoms with Crippen molar-refractivity contribution in [2.45, 2.75) is 6.92 Å². The average molecular weight is 228 g/mol. The third-order valence-electron chi connectivity index (χ3n) is 2.62. The summed E-state index contributed by atoms with van der Waals surface area (Å²) >= 11 is 0. The van der Waals surface area contributed by atoms with Crippen molar-refractivity contribution in [1.29, 1.82) is 0 Å². The van der Waals surface area contributed by atoms with Crippen molar-refractivity contribution in [3.8, 4) is 0 Å². The van der Waals surface area contributed by atoms with Gasteiger partial charge in [-0.15, -0.1) is 0 Å². The third-order valence-corrected chi connectivity index (χ3v) is 2.62. The van der Waals surface area contributed by atoms with Crippen LogP contribution in [-0.4, -0.2) is 4.98 Å². The molecule has 0 aliphatic carbocycles. The lowest BCUT2D eigenvalue weighted by Gasteiger charge is -2.08. The van der Waals surface area contributed by atoms with Crippen molar-refractivity contribution in [3.05, 3.63) is 65.7 Å². The monoisotopic (exact) mass is 228 g/mol. The molecule has 17 heavy (non-hydrogen) atoms. The Morgan fingerprint density at radius 1 is 1.12 bits per heavy atom. The van der Waals surface area contributed by atoms with E-state index in [1.54, 1.807) is 24.4 Å². The van der Waals surface area contributed by atoms with Crippen LogP contribution in [-0.2, 0) is 0 Å². The summed E-state index contributed by atoms with van der Waals surface area (Å²) in [5, 5.41) is 0. The summed E-state index contributed by atoms with van der Waals surface area (Å²) in [5.74, 6) is -0.319. The number of pyridine rings is 1. The summed E-state index contributed by atoms with van der Waals surface area (Å²) in [6.45, 7) is 1.84. The highest BCUT2D eigenvalue weighted by Gasteiger charge is 2.08. The van der Waals surface area contributed by atoms with Gasteiger partial charge < -0.3 is 5.73 Å². The van der Waals surface area contributed by atoms with Crippen molar-refractivity contribution < 1.29 is 4.39 Å². The first kappa shape index (κ1) is 11.3. The molecule has 0 aliphatic heterocycles. The molecule has 0 aliphatic rings. The molecule has 0 radical (unpaired) electrons. The van der Waals surface area contributed by atoms with Crippen molar-refractivity contribution in [2.24, 2.45) is 5.73 Å². The lowest BCUT2D eigenvalue weighted by Crippen LogP contribution is -2.02. The summed E-state index contributed by atoms with van der Waals surface area (Å²) in [7, 11) is 0. The van der Waals surface area contributed by atoms with Crippen LogP contribution >= 0.6 is 0 Å². The Kier molecular flexibility index (Phi) is 3.19. The fourth-order valence-corrected chi connectivity index (χ4v) is 1.60. The fourth-order valence-electron chi connectivity index (χ4n) is 1.60. The van der Waals surface area contributed by atoms with E-state index in [0.29, 0.717) is 11.3 Å². The molecular weight excluding hydrogens is 215 g/mol. The number of halogens is 1. The van der Waals surface area contributed by atoms with Gasteiger partial charge in [0.25, 0.3) is 0 Å². The Morgan fingerprint density at radius 2 is 1.82 bits per heavy atom. The third kappa shape index (κ3) is 2.33. The predicted octanol–water partition coefficient (Wildman–Crippen LogP) is 3.07. The standard InChI is InChI=1S/C14H13FN2/c1-10(13-8-4-5-9-17-13)14(16)11-6-2-3-7-12(11)15/h2-9H,16H2,1H3/b14-10-. The maximum Gasteiger partial charge on any atom is 0.132 e. The van der Waals surface area contributed by atoms with Crippen LogP contribution in [0.5, 0.6) is 0 Å². The first-order chi connectivity index (χ1) is 8.20. The molecule has 0 fully saturated rings. The molecule has 0 spiro atoms. The topological polar surface area (TPSA) is 38.9 Å². The van der Waals surface area contributed by atoms with Crippen LogP contribution in [0.3, 0.4) is 0 Å². The van der Waals surface area contributed by atoms with Gasteiger partial charge in [0.15, 0.2) is 0 Å². The number of allylic oxidation sites excluding steroid dienone is 1. The lowest BCUT2D eigenvalue weighted by atomic mass is 10.0. The Morgan fingerprint density at radius 3 is 2.47 bits per heavy atom. The summed E-state index contributed by atoms with van der Waals surface area (Å²) in [4.78, 5) is 4.19. The summed E-state index contributed by atoms with van der Waals surface area (Å²) in [6.07, 6.45) is 1.69. The van der Waals surface area contributed by atoms with Crippen LogP contribution in [0.4, 0.5) is 4.39 Å². The normalized spacial score (nSPS) is 12.1. The molecule has 2 nitrogen and oxygen atoms in total. The number of benzene rings is 1. The number of nitrogens with two attached hydrogens (primary N) is 1. The Balaban J connectivity index is 2.50. The SMILES string of the molecule is C/C(=C(/N)c1ccccc1F)c1ccccn1. The van der Waals surface area contributed by atoms with Gasteiger partial charge in [-0.05, 0) is 36.8 Å². The van der Waals surface area contributed by atoms with Crippen LogP contribution in [0.25, 0.3) is 11.3 Å². The first-order valence-corrected chi connectivity index (χ1v) is 5.33. The molecule has 86 valence electrons. The van der Waals surface area contributed by atoms with Gasteiger partial charge in [-0.25, -0.2) is 4.39 Å². The number of nitrogens with zero attached hydrogens (tertiary/aromatic N) is 1. The van der Waals surface area contributed by atoms with Gasteiger partial charge in [0.1, 0.15) is 5.82 Å². The summed E-state index contributed by atoms with van der Waals surface area (Å²) in [5.41, 5.74) is 8.33. The predicted molar refractivity (Wildman–Crippen MR) is 67.3 cm³/mol.